The molecule has 0 aliphatic rings. The van der Waals surface area contributed by atoms with Crippen LogP contribution in [0.3, 0.4) is 0 Å². The Balaban J connectivity index is 1.67. The number of carbonyl (C=O) groups excluding carboxylic acids is 1. The minimum atomic E-state index is -0.00586. The highest BCUT2D eigenvalue weighted by Crippen LogP contribution is 2.28. The maximum absolute atomic E-state index is 12.7. The molecule has 0 aliphatic carbocycles. The van der Waals surface area contributed by atoms with Gasteiger partial charge in [-0.25, -0.2) is 4.98 Å². The first kappa shape index (κ1) is 21.5. The highest BCUT2D eigenvalue weighted by molar-refractivity contribution is 7.99. The fraction of sp³-hybridized carbons (Fsp3) is 0.318. The number of fused-ring (bicyclic) bond motifs is 1. The van der Waals surface area contributed by atoms with E-state index in [9.17, 15) is 4.79 Å². The highest BCUT2D eigenvalue weighted by Gasteiger charge is 2.16. The number of para-hydroxylation sites is 2. The molecule has 1 aromatic heterocycles. The van der Waals surface area contributed by atoms with E-state index in [1.165, 1.54) is 11.8 Å². The number of methoxy groups -OCH3 is 2. The lowest BCUT2D eigenvalue weighted by molar-refractivity contribution is -0.127. The lowest BCUT2D eigenvalue weighted by Gasteiger charge is -2.18. The first-order valence-corrected chi connectivity index (χ1v) is 10.5. The summed E-state index contributed by atoms with van der Waals surface area (Å²) in [5.74, 6) is 1.55. The molecule has 0 atom stereocenters. The van der Waals surface area contributed by atoms with Gasteiger partial charge in [0.1, 0.15) is 0 Å². The number of nitrogens with zero attached hydrogens (tertiary/aromatic N) is 4. The third-order valence-electron chi connectivity index (χ3n) is 4.68. The van der Waals surface area contributed by atoms with Crippen molar-refractivity contribution in [1.82, 2.24) is 14.5 Å². The molecule has 0 unspecified atom stereocenters. The van der Waals surface area contributed by atoms with Gasteiger partial charge in [-0.15, -0.1) is 0 Å². The monoisotopic (exact) mass is 424 g/mol. The first-order chi connectivity index (χ1) is 14.6. The number of hydrogen-bond donors (Lipinski definition) is 0. The average Bonchev–Trinajstić information content (AvgIpc) is 3.13. The molecule has 0 spiro atoms. The molecule has 1 amide bonds. The second-order valence-corrected chi connectivity index (χ2v) is 7.61. The van der Waals surface area contributed by atoms with Crippen molar-refractivity contribution >= 4 is 28.7 Å². The molecule has 0 N–H and O–H groups in total. The lowest BCUT2D eigenvalue weighted by Crippen LogP contribution is -2.28. The van der Waals surface area contributed by atoms with E-state index < -0.39 is 0 Å². The Morgan fingerprint density at radius 3 is 2.70 bits per heavy atom. The number of benzene rings is 2. The summed E-state index contributed by atoms with van der Waals surface area (Å²) >= 11 is 1.39. The quantitative estimate of drug-likeness (QED) is 0.487. The van der Waals surface area contributed by atoms with Gasteiger partial charge in [0.2, 0.25) is 5.91 Å². The van der Waals surface area contributed by atoms with Crippen LogP contribution in [0.15, 0.2) is 47.6 Å². The predicted octanol–water partition coefficient (Wildman–Crippen LogP) is 3.72. The smallest absolute Gasteiger partial charge is 0.233 e. The van der Waals surface area contributed by atoms with Crippen molar-refractivity contribution in [2.24, 2.45) is 0 Å². The topological polar surface area (TPSA) is 80.4 Å². The molecule has 7 nitrogen and oxygen atoms in total. The SMILES string of the molecule is COc1ccc(CN(C)C(=O)CSc2nc3ccccc3n2CCC#N)cc1OC. The number of aromatic nitrogens is 2. The number of rotatable bonds is 9. The number of carbonyl (C=O) groups is 1. The van der Waals surface area contributed by atoms with Gasteiger partial charge in [-0.2, -0.15) is 5.26 Å². The number of imidazole rings is 1. The Bertz CT molecular complexity index is 1070. The molecule has 0 radical (unpaired) electrons. The van der Waals surface area contributed by atoms with Gasteiger partial charge < -0.3 is 18.9 Å². The lowest BCUT2D eigenvalue weighted by atomic mass is 10.2. The number of aryl methyl sites for hydroxylation is 1. The molecule has 0 bridgehead atoms. The largest absolute Gasteiger partial charge is 0.493 e. The molecule has 0 fully saturated rings. The summed E-state index contributed by atoms with van der Waals surface area (Å²) < 4.78 is 12.6. The van der Waals surface area contributed by atoms with E-state index in [-0.39, 0.29) is 11.7 Å². The summed E-state index contributed by atoms with van der Waals surface area (Å²) in [5.41, 5.74) is 2.79. The molecular formula is C22H24N4O3S. The standard InChI is InChI=1S/C22H24N4O3S/c1-25(14-16-9-10-19(28-2)20(13-16)29-3)21(27)15-30-22-24-17-7-4-5-8-18(17)26(22)12-6-11-23/h4-5,7-10,13H,6,12,14-15H2,1-3H3. The van der Waals surface area contributed by atoms with E-state index in [0.717, 1.165) is 21.8 Å². The van der Waals surface area contributed by atoms with Crippen LogP contribution in [0.2, 0.25) is 0 Å². The van der Waals surface area contributed by atoms with E-state index in [4.69, 9.17) is 14.7 Å². The van der Waals surface area contributed by atoms with Crippen LogP contribution in [-0.2, 0) is 17.9 Å². The number of thioether (sulfide) groups is 1. The van der Waals surface area contributed by atoms with Gasteiger partial charge in [0, 0.05) is 20.1 Å². The minimum Gasteiger partial charge on any atom is -0.493 e. The Kier molecular flexibility index (Phi) is 7.20. The van der Waals surface area contributed by atoms with E-state index in [1.807, 2.05) is 47.0 Å². The van der Waals surface area contributed by atoms with Crippen molar-refractivity contribution in [3.05, 3.63) is 48.0 Å². The molecule has 8 heteroatoms. The van der Waals surface area contributed by atoms with Gasteiger partial charge >= 0.3 is 0 Å². The maximum atomic E-state index is 12.7. The van der Waals surface area contributed by atoms with Crippen LogP contribution in [0.25, 0.3) is 11.0 Å². The molecule has 0 aliphatic heterocycles. The summed E-state index contributed by atoms with van der Waals surface area (Å²) in [6, 6.07) is 15.6. The van der Waals surface area contributed by atoms with Gasteiger partial charge in [-0.05, 0) is 29.8 Å². The van der Waals surface area contributed by atoms with Gasteiger partial charge in [0.15, 0.2) is 16.7 Å². The van der Waals surface area contributed by atoms with Crippen molar-refractivity contribution in [3.8, 4) is 17.6 Å². The fourth-order valence-electron chi connectivity index (χ4n) is 3.12. The Hall–Kier alpha value is -3.18. The average molecular weight is 425 g/mol. The van der Waals surface area contributed by atoms with Crippen molar-refractivity contribution < 1.29 is 14.3 Å². The summed E-state index contributed by atoms with van der Waals surface area (Å²) in [7, 11) is 4.96. The third-order valence-corrected chi connectivity index (χ3v) is 5.65. The Morgan fingerprint density at radius 2 is 1.97 bits per heavy atom. The van der Waals surface area contributed by atoms with Crippen LogP contribution in [-0.4, -0.2) is 47.4 Å². The molecule has 3 aromatic rings. The number of ether oxygens (including phenoxy) is 2. The first-order valence-electron chi connectivity index (χ1n) is 9.47. The Morgan fingerprint density at radius 1 is 1.20 bits per heavy atom. The van der Waals surface area contributed by atoms with Crippen molar-refractivity contribution in [1.29, 1.82) is 5.26 Å². The zero-order valence-corrected chi connectivity index (χ0v) is 18.1. The van der Waals surface area contributed by atoms with Gasteiger partial charge in [-0.1, -0.05) is 30.0 Å². The fourth-order valence-corrected chi connectivity index (χ4v) is 4.10. The van der Waals surface area contributed by atoms with E-state index >= 15 is 0 Å². The normalized spacial score (nSPS) is 10.6. The second kappa shape index (κ2) is 10.0. The number of hydrogen-bond acceptors (Lipinski definition) is 6. The maximum Gasteiger partial charge on any atom is 0.233 e. The van der Waals surface area contributed by atoms with Crippen LogP contribution in [0, 0.1) is 11.3 Å². The third kappa shape index (κ3) is 4.86. The van der Waals surface area contributed by atoms with E-state index in [0.29, 0.717) is 31.0 Å². The molecular weight excluding hydrogens is 400 g/mol. The van der Waals surface area contributed by atoms with Crippen LogP contribution in [0.1, 0.15) is 12.0 Å². The highest BCUT2D eigenvalue weighted by atomic mass is 32.2. The van der Waals surface area contributed by atoms with E-state index in [1.54, 1.807) is 26.2 Å². The Labute approximate surface area is 180 Å². The molecule has 156 valence electrons. The molecule has 2 aromatic carbocycles. The van der Waals surface area contributed by atoms with Gasteiger partial charge in [-0.3, -0.25) is 4.79 Å². The number of nitriles is 1. The van der Waals surface area contributed by atoms with Gasteiger partial charge in [0.05, 0.1) is 43.5 Å². The predicted molar refractivity (Wildman–Crippen MR) is 117 cm³/mol. The minimum absolute atomic E-state index is 0.00586. The summed E-state index contributed by atoms with van der Waals surface area (Å²) in [5, 5.41) is 9.71. The van der Waals surface area contributed by atoms with Crippen molar-refractivity contribution in [2.45, 2.75) is 24.7 Å². The van der Waals surface area contributed by atoms with Crippen molar-refractivity contribution in [3.63, 3.8) is 0 Å². The van der Waals surface area contributed by atoms with E-state index in [2.05, 4.69) is 11.1 Å². The molecule has 0 saturated carbocycles. The van der Waals surface area contributed by atoms with Crippen molar-refractivity contribution in [2.75, 3.05) is 27.0 Å². The zero-order chi connectivity index (χ0) is 21.5. The van der Waals surface area contributed by atoms with Crippen LogP contribution >= 0.6 is 11.8 Å². The van der Waals surface area contributed by atoms with Crippen LogP contribution in [0.5, 0.6) is 11.5 Å². The van der Waals surface area contributed by atoms with Gasteiger partial charge in [0.25, 0.3) is 0 Å². The molecule has 3 rings (SSSR count). The number of amides is 1. The molecule has 1 heterocycles. The van der Waals surface area contributed by atoms with Crippen LogP contribution < -0.4 is 9.47 Å². The summed E-state index contributed by atoms with van der Waals surface area (Å²) in [6.45, 7) is 1.01. The zero-order valence-electron chi connectivity index (χ0n) is 17.3. The summed E-state index contributed by atoms with van der Waals surface area (Å²) in [6.07, 6.45) is 0.390. The summed E-state index contributed by atoms with van der Waals surface area (Å²) in [4.78, 5) is 19.0. The second-order valence-electron chi connectivity index (χ2n) is 6.67. The van der Waals surface area contributed by atoms with Crippen LogP contribution in [0.4, 0.5) is 0 Å². The molecule has 30 heavy (non-hydrogen) atoms. The molecule has 0 saturated heterocycles.